The SMILES string of the molecule is CN(C)C1(CNC(=O)N2C[C@@H]3CCC[C@@]3(C(=O)O)C2)CCCCC1. The molecular formula is C18H31N3O3. The number of nitrogens with one attached hydrogen (secondary N) is 1. The van der Waals surface area contributed by atoms with Crippen molar-refractivity contribution in [2.45, 2.75) is 56.9 Å². The van der Waals surface area contributed by atoms with E-state index in [4.69, 9.17) is 0 Å². The number of hydrogen-bond donors (Lipinski definition) is 2. The Labute approximate surface area is 144 Å². The van der Waals surface area contributed by atoms with E-state index in [1.54, 1.807) is 4.90 Å². The summed E-state index contributed by atoms with van der Waals surface area (Å²) < 4.78 is 0. The highest BCUT2D eigenvalue weighted by atomic mass is 16.4. The molecule has 6 nitrogen and oxygen atoms in total. The second-order valence-corrected chi connectivity index (χ2v) is 8.27. The molecule has 0 aromatic carbocycles. The average molecular weight is 337 g/mol. The van der Waals surface area contributed by atoms with E-state index in [0.29, 0.717) is 26.1 Å². The first-order chi connectivity index (χ1) is 11.4. The van der Waals surface area contributed by atoms with Gasteiger partial charge in [-0.15, -0.1) is 0 Å². The predicted octanol–water partition coefficient (Wildman–Crippen LogP) is 2.15. The second-order valence-electron chi connectivity index (χ2n) is 8.27. The molecule has 0 aromatic rings. The van der Waals surface area contributed by atoms with Crippen LogP contribution in [0.1, 0.15) is 51.4 Å². The van der Waals surface area contributed by atoms with Gasteiger partial charge in [0.25, 0.3) is 0 Å². The van der Waals surface area contributed by atoms with Gasteiger partial charge in [-0.3, -0.25) is 4.79 Å². The summed E-state index contributed by atoms with van der Waals surface area (Å²) >= 11 is 0. The number of nitrogens with zero attached hydrogens (tertiary/aromatic N) is 2. The Morgan fingerprint density at radius 2 is 1.88 bits per heavy atom. The van der Waals surface area contributed by atoms with Crippen LogP contribution in [0.4, 0.5) is 4.79 Å². The van der Waals surface area contributed by atoms with Crippen LogP contribution < -0.4 is 5.32 Å². The van der Waals surface area contributed by atoms with Crippen molar-refractivity contribution < 1.29 is 14.7 Å². The average Bonchev–Trinajstić information content (AvgIpc) is 3.11. The minimum atomic E-state index is -0.725. The molecule has 2 aliphatic carbocycles. The van der Waals surface area contributed by atoms with Crippen LogP contribution in [0.15, 0.2) is 0 Å². The molecule has 2 amide bonds. The molecule has 0 bridgehead atoms. The fourth-order valence-corrected chi connectivity index (χ4v) is 5.14. The number of rotatable bonds is 4. The van der Waals surface area contributed by atoms with Crippen LogP contribution in [0.5, 0.6) is 0 Å². The quantitative estimate of drug-likeness (QED) is 0.824. The summed E-state index contributed by atoms with van der Waals surface area (Å²) in [5.74, 6) is -0.601. The summed E-state index contributed by atoms with van der Waals surface area (Å²) in [6.07, 6.45) is 8.53. The minimum absolute atomic E-state index is 0.0496. The van der Waals surface area contributed by atoms with E-state index in [9.17, 15) is 14.7 Å². The first-order valence-corrected chi connectivity index (χ1v) is 9.33. The Morgan fingerprint density at radius 1 is 1.17 bits per heavy atom. The zero-order valence-corrected chi connectivity index (χ0v) is 15.0. The molecule has 0 unspecified atom stereocenters. The molecule has 3 fully saturated rings. The van der Waals surface area contributed by atoms with E-state index in [-0.39, 0.29) is 17.5 Å². The monoisotopic (exact) mass is 337 g/mol. The Morgan fingerprint density at radius 3 is 2.46 bits per heavy atom. The van der Waals surface area contributed by atoms with E-state index in [2.05, 4.69) is 24.3 Å². The Bertz CT molecular complexity index is 502. The molecule has 1 saturated heterocycles. The fraction of sp³-hybridized carbons (Fsp3) is 0.889. The van der Waals surface area contributed by atoms with Crippen LogP contribution >= 0.6 is 0 Å². The molecular weight excluding hydrogens is 306 g/mol. The number of fused-ring (bicyclic) bond motifs is 1. The Hall–Kier alpha value is -1.30. The van der Waals surface area contributed by atoms with Crippen molar-refractivity contribution >= 4 is 12.0 Å². The molecule has 0 aromatic heterocycles. The van der Waals surface area contributed by atoms with Crippen molar-refractivity contribution in [3.05, 3.63) is 0 Å². The Kier molecular flexibility index (Phi) is 4.78. The summed E-state index contributed by atoms with van der Waals surface area (Å²) in [5.41, 5.74) is -0.643. The number of hydrogen-bond acceptors (Lipinski definition) is 3. The zero-order valence-electron chi connectivity index (χ0n) is 15.0. The fourth-order valence-electron chi connectivity index (χ4n) is 5.14. The highest BCUT2D eigenvalue weighted by molar-refractivity contribution is 5.80. The summed E-state index contributed by atoms with van der Waals surface area (Å²) in [5, 5.41) is 12.8. The van der Waals surface area contributed by atoms with E-state index >= 15 is 0 Å². The lowest BCUT2D eigenvalue weighted by Gasteiger charge is -2.43. The van der Waals surface area contributed by atoms with Crippen LogP contribution in [0.2, 0.25) is 0 Å². The van der Waals surface area contributed by atoms with E-state index < -0.39 is 11.4 Å². The first-order valence-electron chi connectivity index (χ1n) is 9.33. The van der Waals surface area contributed by atoms with Crippen molar-refractivity contribution in [2.24, 2.45) is 11.3 Å². The lowest BCUT2D eigenvalue weighted by atomic mass is 9.80. The third-order valence-corrected chi connectivity index (χ3v) is 6.89. The van der Waals surface area contributed by atoms with Gasteiger partial charge in [-0.2, -0.15) is 0 Å². The van der Waals surface area contributed by atoms with E-state index in [1.165, 1.54) is 19.3 Å². The first kappa shape index (κ1) is 17.5. The number of aliphatic carboxylic acids is 1. The molecule has 3 aliphatic rings. The van der Waals surface area contributed by atoms with E-state index in [0.717, 1.165) is 25.7 Å². The van der Waals surface area contributed by atoms with Gasteiger partial charge in [0.15, 0.2) is 0 Å². The van der Waals surface area contributed by atoms with Crippen LogP contribution in [0.25, 0.3) is 0 Å². The van der Waals surface area contributed by atoms with Crippen LogP contribution in [-0.2, 0) is 4.79 Å². The zero-order chi connectivity index (χ0) is 17.4. The van der Waals surface area contributed by atoms with E-state index in [1.807, 2.05) is 0 Å². The van der Waals surface area contributed by atoms with Crippen molar-refractivity contribution in [1.29, 1.82) is 0 Å². The van der Waals surface area contributed by atoms with Gasteiger partial charge in [0, 0.05) is 25.2 Å². The van der Waals surface area contributed by atoms with Gasteiger partial charge in [-0.05, 0) is 45.7 Å². The number of carbonyl (C=O) groups is 2. The van der Waals surface area contributed by atoms with Gasteiger partial charge in [-0.25, -0.2) is 4.79 Å². The van der Waals surface area contributed by atoms with Gasteiger partial charge in [-0.1, -0.05) is 25.7 Å². The molecule has 0 radical (unpaired) electrons. The number of carboxylic acid groups (broad SMARTS) is 1. The molecule has 1 aliphatic heterocycles. The highest BCUT2D eigenvalue weighted by Crippen LogP contribution is 2.48. The lowest BCUT2D eigenvalue weighted by molar-refractivity contribution is -0.149. The normalized spacial score (nSPS) is 32.0. The maximum Gasteiger partial charge on any atom is 0.317 e. The number of urea groups is 1. The molecule has 136 valence electrons. The third kappa shape index (κ3) is 2.89. The largest absolute Gasteiger partial charge is 0.481 e. The van der Waals surface area contributed by atoms with Crippen molar-refractivity contribution in [1.82, 2.24) is 15.1 Å². The summed E-state index contributed by atoms with van der Waals surface area (Å²) in [6.45, 7) is 1.61. The molecule has 2 N–H and O–H groups in total. The molecule has 6 heteroatoms. The molecule has 3 rings (SSSR count). The molecule has 0 spiro atoms. The topological polar surface area (TPSA) is 72.9 Å². The Balaban J connectivity index is 1.61. The minimum Gasteiger partial charge on any atom is -0.481 e. The van der Waals surface area contributed by atoms with Crippen LogP contribution in [0, 0.1) is 11.3 Å². The van der Waals surface area contributed by atoms with Crippen molar-refractivity contribution in [3.8, 4) is 0 Å². The maximum absolute atomic E-state index is 12.7. The third-order valence-electron chi connectivity index (χ3n) is 6.89. The van der Waals surface area contributed by atoms with Gasteiger partial charge < -0.3 is 20.2 Å². The smallest absolute Gasteiger partial charge is 0.317 e. The predicted molar refractivity (Wildman–Crippen MR) is 91.9 cm³/mol. The van der Waals surface area contributed by atoms with Crippen molar-refractivity contribution in [3.63, 3.8) is 0 Å². The summed E-state index contributed by atoms with van der Waals surface area (Å²) in [7, 11) is 4.19. The number of carboxylic acids is 1. The second kappa shape index (κ2) is 6.54. The number of likely N-dealkylation sites (N-methyl/N-ethyl adjacent to an activating group) is 1. The van der Waals surface area contributed by atoms with Gasteiger partial charge in [0.05, 0.1) is 5.41 Å². The van der Waals surface area contributed by atoms with Gasteiger partial charge >= 0.3 is 12.0 Å². The maximum atomic E-state index is 12.7. The van der Waals surface area contributed by atoms with Gasteiger partial charge in [0.2, 0.25) is 0 Å². The number of carbonyl (C=O) groups excluding carboxylic acids is 1. The number of amides is 2. The molecule has 24 heavy (non-hydrogen) atoms. The molecule has 1 heterocycles. The molecule has 2 saturated carbocycles. The molecule has 2 atom stereocenters. The summed E-state index contributed by atoms with van der Waals surface area (Å²) in [4.78, 5) is 28.4. The standard InChI is InChI=1S/C18H31N3O3/c1-20(2)17(8-4-3-5-9-17)12-19-16(24)21-11-14-7-6-10-18(14,13-21)15(22)23/h14H,3-13H2,1-2H3,(H,19,24)(H,22,23)/t14-,18+/m0/s1. The summed E-state index contributed by atoms with van der Waals surface area (Å²) in [6, 6.07) is -0.0863. The highest BCUT2D eigenvalue weighted by Gasteiger charge is 2.55. The number of likely N-dealkylation sites (tertiary alicyclic amines) is 1. The van der Waals surface area contributed by atoms with Crippen molar-refractivity contribution in [2.75, 3.05) is 33.7 Å². The van der Waals surface area contributed by atoms with Gasteiger partial charge in [0.1, 0.15) is 0 Å². The van der Waals surface area contributed by atoms with Crippen LogP contribution in [0.3, 0.4) is 0 Å². The van der Waals surface area contributed by atoms with Crippen LogP contribution in [-0.4, -0.2) is 66.2 Å². The lowest BCUT2D eigenvalue weighted by Crippen LogP contribution is -2.55.